The molecule has 0 amide bonds. The maximum atomic E-state index is 4.90. The van der Waals surface area contributed by atoms with Crippen LogP contribution in [0.5, 0.6) is 0 Å². The summed E-state index contributed by atoms with van der Waals surface area (Å²) in [7, 11) is 0. The molecule has 120 valence electrons. The van der Waals surface area contributed by atoms with Gasteiger partial charge in [-0.15, -0.1) is 0 Å². The molecule has 4 heteroatoms. The van der Waals surface area contributed by atoms with Crippen LogP contribution in [-0.4, -0.2) is 23.1 Å². The van der Waals surface area contributed by atoms with Crippen molar-refractivity contribution in [1.29, 1.82) is 0 Å². The molecule has 0 N–H and O–H groups in total. The summed E-state index contributed by atoms with van der Waals surface area (Å²) in [5.74, 6) is 0.776. The number of nitrogens with zero attached hydrogens (tertiary/aromatic N) is 4. The molecule has 5 rings (SSSR count). The van der Waals surface area contributed by atoms with Gasteiger partial charge in [0.25, 0.3) is 0 Å². The Morgan fingerprint density at radius 3 is 2.56 bits per heavy atom. The lowest BCUT2D eigenvalue weighted by Crippen LogP contribution is -2.33. The van der Waals surface area contributed by atoms with Crippen LogP contribution < -0.4 is 4.90 Å². The van der Waals surface area contributed by atoms with Gasteiger partial charge in [-0.2, -0.15) is 0 Å². The Kier molecular flexibility index (Phi) is 3.20. The first-order valence-electron chi connectivity index (χ1n) is 8.37. The monoisotopic (exact) mass is 324 g/mol. The molecule has 0 spiro atoms. The first-order chi connectivity index (χ1) is 12.4. The SMILES string of the molecule is c1ccc(N2CC3=NC(c4cccnc4)=NC3c3ccccc32)cc1. The Balaban J connectivity index is 1.62. The summed E-state index contributed by atoms with van der Waals surface area (Å²) in [6.45, 7) is 0.749. The summed E-state index contributed by atoms with van der Waals surface area (Å²) >= 11 is 0. The number of anilines is 2. The molecular weight excluding hydrogens is 308 g/mol. The minimum Gasteiger partial charge on any atom is -0.335 e. The number of para-hydroxylation sites is 2. The molecule has 3 heterocycles. The lowest BCUT2D eigenvalue weighted by Gasteiger charge is -2.33. The molecule has 2 aliphatic rings. The van der Waals surface area contributed by atoms with Gasteiger partial charge in [-0.3, -0.25) is 9.98 Å². The molecule has 0 aliphatic carbocycles. The number of benzene rings is 2. The third-order valence-electron chi connectivity index (χ3n) is 4.65. The molecule has 1 atom stereocenters. The number of hydrogen-bond acceptors (Lipinski definition) is 4. The molecule has 25 heavy (non-hydrogen) atoms. The van der Waals surface area contributed by atoms with Gasteiger partial charge in [0, 0.05) is 34.9 Å². The van der Waals surface area contributed by atoms with Crippen molar-refractivity contribution >= 4 is 22.9 Å². The van der Waals surface area contributed by atoms with Crippen LogP contribution in [0.3, 0.4) is 0 Å². The fourth-order valence-electron chi connectivity index (χ4n) is 3.48. The van der Waals surface area contributed by atoms with Gasteiger partial charge < -0.3 is 4.90 Å². The molecule has 2 aliphatic heterocycles. The largest absolute Gasteiger partial charge is 0.335 e. The van der Waals surface area contributed by atoms with E-state index in [9.17, 15) is 0 Å². The summed E-state index contributed by atoms with van der Waals surface area (Å²) < 4.78 is 0. The van der Waals surface area contributed by atoms with Crippen molar-refractivity contribution in [3.05, 3.63) is 90.3 Å². The molecule has 0 saturated carbocycles. The average molecular weight is 324 g/mol. The number of aliphatic imine (C=N–C) groups is 2. The predicted molar refractivity (Wildman–Crippen MR) is 101 cm³/mol. The van der Waals surface area contributed by atoms with Gasteiger partial charge in [0.15, 0.2) is 5.84 Å². The first-order valence-corrected chi connectivity index (χ1v) is 8.37. The predicted octanol–water partition coefficient (Wildman–Crippen LogP) is 4.18. The van der Waals surface area contributed by atoms with Crippen LogP contribution in [0.1, 0.15) is 17.2 Å². The molecule has 1 unspecified atom stereocenters. The van der Waals surface area contributed by atoms with Crippen molar-refractivity contribution in [1.82, 2.24) is 4.98 Å². The van der Waals surface area contributed by atoms with Crippen molar-refractivity contribution in [2.45, 2.75) is 6.04 Å². The Morgan fingerprint density at radius 2 is 1.72 bits per heavy atom. The normalized spacial score (nSPS) is 18.2. The Labute approximate surface area is 146 Å². The zero-order valence-electron chi connectivity index (χ0n) is 13.6. The van der Waals surface area contributed by atoms with Gasteiger partial charge in [-0.1, -0.05) is 36.4 Å². The van der Waals surface area contributed by atoms with E-state index >= 15 is 0 Å². The molecule has 2 aromatic carbocycles. The number of amidine groups is 1. The van der Waals surface area contributed by atoms with E-state index in [1.807, 2.05) is 24.4 Å². The van der Waals surface area contributed by atoms with E-state index in [2.05, 4.69) is 58.4 Å². The minimum atomic E-state index is 0.00590. The highest BCUT2D eigenvalue weighted by molar-refractivity contribution is 6.15. The van der Waals surface area contributed by atoms with Crippen molar-refractivity contribution in [2.75, 3.05) is 11.4 Å². The second-order valence-electron chi connectivity index (χ2n) is 6.18. The van der Waals surface area contributed by atoms with E-state index < -0.39 is 0 Å². The second kappa shape index (κ2) is 5.67. The average Bonchev–Trinajstić information content (AvgIpc) is 3.13. The van der Waals surface area contributed by atoms with E-state index in [1.165, 1.54) is 16.9 Å². The number of aromatic nitrogens is 1. The topological polar surface area (TPSA) is 40.9 Å². The zero-order chi connectivity index (χ0) is 16.6. The fourth-order valence-corrected chi connectivity index (χ4v) is 3.48. The molecule has 0 fully saturated rings. The van der Waals surface area contributed by atoms with Gasteiger partial charge >= 0.3 is 0 Å². The molecule has 1 aromatic heterocycles. The fraction of sp³-hybridized carbons (Fsp3) is 0.0952. The maximum absolute atomic E-state index is 4.90. The van der Waals surface area contributed by atoms with E-state index in [0.29, 0.717) is 0 Å². The summed E-state index contributed by atoms with van der Waals surface area (Å²) in [4.78, 5) is 16.2. The van der Waals surface area contributed by atoms with Crippen molar-refractivity contribution in [3.8, 4) is 0 Å². The van der Waals surface area contributed by atoms with E-state index in [4.69, 9.17) is 9.98 Å². The van der Waals surface area contributed by atoms with Gasteiger partial charge in [-0.25, -0.2) is 4.99 Å². The van der Waals surface area contributed by atoms with Crippen LogP contribution >= 0.6 is 0 Å². The quantitative estimate of drug-likeness (QED) is 0.709. The highest BCUT2D eigenvalue weighted by Gasteiger charge is 2.34. The third kappa shape index (κ3) is 2.34. The van der Waals surface area contributed by atoms with Crippen LogP contribution in [0.4, 0.5) is 11.4 Å². The van der Waals surface area contributed by atoms with Crippen LogP contribution in [0.15, 0.2) is 89.1 Å². The number of rotatable bonds is 2. The Morgan fingerprint density at radius 1 is 0.880 bits per heavy atom. The minimum absolute atomic E-state index is 0.00590. The van der Waals surface area contributed by atoms with Crippen LogP contribution in [0, 0.1) is 0 Å². The number of pyridine rings is 1. The summed E-state index contributed by atoms with van der Waals surface area (Å²) in [6.07, 6.45) is 3.59. The Hall–Kier alpha value is -3.27. The summed E-state index contributed by atoms with van der Waals surface area (Å²) in [5, 5.41) is 0. The summed E-state index contributed by atoms with van der Waals surface area (Å²) in [6, 6.07) is 22.8. The van der Waals surface area contributed by atoms with E-state index in [-0.39, 0.29) is 6.04 Å². The molecule has 0 bridgehead atoms. The van der Waals surface area contributed by atoms with Gasteiger partial charge in [0.2, 0.25) is 0 Å². The molecular formula is C21H16N4. The first kappa shape index (κ1) is 14.1. The van der Waals surface area contributed by atoms with E-state index in [1.54, 1.807) is 6.20 Å². The smallest absolute Gasteiger partial charge is 0.157 e. The second-order valence-corrected chi connectivity index (χ2v) is 6.18. The number of fused-ring (bicyclic) bond motifs is 3. The van der Waals surface area contributed by atoms with Crippen molar-refractivity contribution in [2.24, 2.45) is 9.98 Å². The highest BCUT2D eigenvalue weighted by Crippen LogP contribution is 2.40. The lowest BCUT2D eigenvalue weighted by molar-refractivity contribution is 0.906. The highest BCUT2D eigenvalue weighted by atomic mass is 15.2. The molecule has 0 radical (unpaired) electrons. The third-order valence-corrected chi connectivity index (χ3v) is 4.65. The van der Waals surface area contributed by atoms with Crippen molar-refractivity contribution in [3.63, 3.8) is 0 Å². The Bertz CT molecular complexity index is 977. The van der Waals surface area contributed by atoms with Crippen LogP contribution in [-0.2, 0) is 0 Å². The van der Waals surface area contributed by atoms with Gasteiger partial charge in [0.1, 0.15) is 6.04 Å². The van der Waals surface area contributed by atoms with Gasteiger partial charge in [0.05, 0.1) is 12.3 Å². The van der Waals surface area contributed by atoms with Crippen LogP contribution in [0.2, 0.25) is 0 Å². The zero-order valence-corrected chi connectivity index (χ0v) is 13.6. The molecule has 4 nitrogen and oxygen atoms in total. The van der Waals surface area contributed by atoms with E-state index in [0.717, 1.165) is 23.7 Å². The van der Waals surface area contributed by atoms with Crippen molar-refractivity contribution < 1.29 is 0 Å². The number of hydrogen-bond donors (Lipinski definition) is 0. The molecule has 0 saturated heterocycles. The van der Waals surface area contributed by atoms with Crippen LogP contribution in [0.25, 0.3) is 0 Å². The van der Waals surface area contributed by atoms with Gasteiger partial charge in [-0.05, 0) is 30.3 Å². The lowest BCUT2D eigenvalue weighted by atomic mass is 9.95. The maximum Gasteiger partial charge on any atom is 0.157 e. The molecule has 3 aromatic rings. The standard InChI is InChI=1S/C21H16N4/c1-2-8-16(9-3-1)25-14-18-20(17-10-4-5-11-19(17)25)24-21(23-18)15-7-6-12-22-13-15/h1-13,20H,14H2. The summed E-state index contributed by atoms with van der Waals surface area (Å²) in [5.41, 5.74) is 5.63.